The number of carbonyl (C=O) groups is 2. The van der Waals surface area contributed by atoms with Crippen molar-refractivity contribution in [1.29, 1.82) is 5.26 Å². The second-order valence-corrected chi connectivity index (χ2v) is 8.46. The van der Waals surface area contributed by atoms with Gasteiger partial charge in [-0.15, -0.1) is 0 Å². The Morgan fingerprint density at radius 3 is 2.35 bits per heavy atom. The molecule has 3 rings (SSSR count). The van der Waals surface area contributed by atoms with E-state index >= 15 is 0 Å². The Labute approximate surface area is 213 Å². The van der Waals surface area contributed by atoms with Crippen LogP contribution in [0.2, 0.25) is 10.0 Å². The highest BCUT2D eigenvalue weighted by Crippen LogP contribution is 2.28. The van der Waals surface area contributed by atoms with Gasteiger partial charge >= 0.3 is 0 Å². The molecule has 10 heteroatoms. The Kier molecular flexibility index (Phi) is 8.66. The minimum atomic E-state index is -0.635. The number of hydrogen-bond acceptors (Lipinski definition) is 4. The lowest BCUT2D eigenvalue weighted by Crippen LogP contribution is -2.20. The van der Waals surface area contributed by atoms with Crippen molar-refractivity contribution in [2.24, 2.45) is 0 Å². The predicted octanol–water partition coefficient (Wildman–Crippen LogP) is 6.46. The van der Waals surface area contributed by atoms with Crippen LogP contribution < -0.4 is 15.4 Å². The third kappa shape index (κ3) is 7.06. The number of nitrogens with one attached hydrogen (secondary N) is 2. The smallest absolute Gasteiger partial charge is 0.266 e. The maximum Gasteiger partial charge on any atom is 0.266 e. The van der Waals surface area contributed by atoms with E-state index in [4.69, 9.17) is 27.9 Å². The monoisotopic (exact) mass is 561 g/mol. The van der Waals surface area contributed by atoms with Crippen molar-refractivity contribution in [3.05, 3.63) is 92.1 Å². The van der Waals surface area contributed by atoms with Crippen LogP contribution in [0.3, 0.4) is 0 Å². The molecule has 0 aliphatic rings. The van der Waals surface area contributed by atoms with Crippen LogP contribution in [-0.2, 0) is 9.59 Å². The number of nitriles is 1. The molecular formula is C24H15BrCl2FN3O3. The van der Waals surface area contributed by atoms with Crippen molar-refractivity contribution in [3.8, 4) is 11.8 Å². The summed E-state index contributed by atoms with van der Waals surface area (Å²) in [6.07, 6.45) is 1.39. The molecule has 172 valence electrons. The van der Waals surface area contributed by atoms with Gasteiger partial charge < -0.3 is 15.4 Å². The summed E-state index contributed by atoms with van der Waals surface area (Å²) in [5, 5.41) is 15.2. The molecule has 3 aromatic rings. The lowest BCUT2D eigenvalue weighted by atomic mass is 10.1. The van der Waals surface area contributed by atoms with E-state index < -0.39 is 17.6 Å². The van der Waals surface area contributed by atoms with E-state index in [1.54, 1.807) is 30.3 Å². The minimum absolute atomic E-state index is 0.147. The van der Waals surface area contributed by atoms with E-state index in [9.17, 15) is 19.2 Å². The molecule has 0 fully saturated rings. The Morgan fingerprint density at radius 2 is 1.71 bits per heavy atom. The zero-order valence-electron chi connectivity index (χ0n) is 17.2. The maximum atomic E-state index is 13.0. The molecule has 0 bridgehead atoms. The molecule has 0 atom stereocenters. The molecule has 0 unspecified atom stereocenters. The molecule has 0 spiro atoms. The van der Waals surface area contributed by atoms with Crippen molar-refractivity contribution in [2.75, 3.05) is 17.2 Å². The fourth-order valence-corrected chi connectivity index (χ4v) is 3.49. The zero-order valence-corrected chi connectivity index (χ0v) is 20.3. The Balaban J connectivity index is 1.62. The summed E-state index contributed by atoms with van der Waals surface area (Å²) >= 11 is 15.1. The quantitative estimate of drug-likeness (QED) is 0.255. The first-order chi connectivity index (χ1) is 16.2. The highest BCUT2D eigenvalue weighted by atomic mass is 79.9. The van der Waals surface area contributed by atoms with Crippen LogP contribution in [0.15, 0.2) is 70.7 Å². The average Bonchev–Trinajstić information content (AvgIpc) is 2.80. The number of rotatable bonds is 7. The molecule has 6 nitrogen and oxygen atoms in total. The second kappa shape index (κ2) is 11.7. The molecule has 0 radical (unpaired) electrons. The van der Waals surface area contributed by atoms with E-state index in [1.165, 1.54) is 36.4 Å². The summed E-state index contributed by atoms with van der Waals surface area (Å²) in [5.41, 5.74) is 1.23. The number of nitrogens with zero attached hydrogens (tertiary/aromatic N) is 1. The zero-order chi connectivity index (χ0) is 24.7. The summed E-state index contributed by atoms with van der Waals surface area (Å²) in [5.74, 6) is -1.09. The van der Waals surface area contributed by atoms with Gasteiger partial charge in [0.25, 0.3) is 11.8 Å². The molecule has 2 amide bonds. The van der Waals surface area contributed by atoms with Crippen LogP contribution in [-0.4, -0.2) is 18.4 Å². The van der Waals surface area contributed by atoms with E-state index in [-0.39, 0.29) is 12.2 Å². The third-order valence-corrected chi connectivity index (χ3v) is 5.65. The van der Waals surface area contributed by atoms with Gasteiger partial charge in [-0.1, -0.05) is 29.3 Å². The van der Waals surface area contributed by atoms with Crippen LogP contribution in [0.1, 0.15) is 5.56 Å². The number of hydrogen-bond donors (Lipinski definition) is 2. The maximum absolute atomic E-state index is 13.0. The van der Waals surface area contributed by atoms with E-state index in [1.807, 2.05) is 6.07 Å². The molecule has 2 N–H and O–H groups in total. The first kappa shape index (κ1) is 25.2. The second-order valence-electron chi connectivity index (χ2n) is 6.79. The number of benzene rings is 3. The van der Waals surface area contributed by atoms with Gasteiger partial charge in [0.1, 0.15) is 23.2 Å². The van der Waals surface area contributed by atoms with Crippen molar-refractivity contribution >= 4 is 68.4 Å². The number of halogens is 4. The highest BCUT2D eigenvalue weighted by molar-refractivity contribution is 9.10. The van der Waals surface area contributed by atoms with Crippen molar-refractivity contribution < 1.29 is 18.7 Å². The van der Waals surface area contributed by atoms with Gasteiger partial charge in [0, 0.05) is 11.4 Å². The Hall–Kier alpha value is -3.38. The van der Waals surface area contributed by atoms with E-state index in [0.29, 0.717) is 37.2 Å². The van der Waals surface area contributed by atoms with E-state index in [2.05, 4.69) is 26.6 Å². The molecule has 0 saturated carbocycles. The van der Waals surface area contributed by atoms with Crippen LogP contribution in [0.25, 0.3) is 6.08 Å². The number of anilines is 2. The summed E-state index contributed by atoms with van der Waals surface area (Å²) in [7, 11) is 0. The summed E-state index contributed by atoms with van der Waals surface area (Å²) < 4.78 is 19.1. The van der Waals surface area contributed by atoms with Gasteiger partial charge in [-0.3, -0.25) is 9.59 Å². The minimum Gasteiger partial charge on any atom is -0.483 e. The SMILES string of the molecule is N#C/C(=C\c1ccc(OCC(=O)Nc2ccc(Cl)c(Cl)c2)c(Br)c1)C(=O)Nc1ccc(F)cc1. The molecule has 0 aliphatic heterocycles. The lowest BCUT2D eigenvalue weighted by Gasteiger charge is -2.10. The van der Waals surface area contributed by atoms with Crippen LogP contribution >= 0.6 is 39.1 Å². The third-order valence-electron chi connectivity index (χ3n) is 4.30. The molecule has 0 heterocycles. The standard InChI is InChI=1S/C24H15BrCl2FN3O3/c25-19-10-14(9-15(12-29)24(33)31-17-4-2-16(28)3-5-17)1-8-22(19)34-13-23(32)30-18-6-7-20(26)21(27)11-18/h1-11H,13H2,(H,30,32)(H,31,33)/b15-9+. The first-order valence-corrected chi connectivity index (χ1v) is 11.2. The first-order valence-electron chi connectivity index (χ1n) is 9.61. The van der Waals surface area contributed by atoms with Gasteiger partial charge in [0.2, 0.25) is 0 Å². The van der Waals surface area contributed by atoms with Crippen molar-refractivity contribution in [1.82, 2.24) is 0 Å². The largest absolute Gasteiger partial charge is 0.483 e. The Morgan fingerprint density at radius 1 is 1.00 bits per heavy atom. The van der Waals surface area contributed by atoms with Crippen molar-refractivity contribution in [2.45, 2.75) is 0 Å². The average molecular weight is 563 g/mol. The molecule has 0 saturated heterocycles. The fourth-order valence-electron chi connectivity index (χ4n) is 2.69. The van der Waals surface area contributed by atoms with E-state index in [0.717, 1.165) is 0 Å². The molecular weight excluding hydrogens is 548 g/mol. The van der Waals surface area contributed by atoms with Gasteiger partial charge in [-0.2, -0.15) is 5.26 Å². The van der Waals surface area contributed by atoms with Gasteiger partial charge in [-0.25, -0.2) is 4.39 Å². The number of amides is 2. The molecule has 34 heavy (non-hydrogen) atoms. The number of carbonyl (C=O) groups excluding carboxylic acids is 2. The van der Waals surface area contributed by atoms with Gasteiger partial charge in [-0.05, 0) is 82.2 Å². The lowest BCUT2D eigenvalue weighted by molar-refractivity contribution is -0.118. The summed E-state index contributed by atoms with van der Waals surface area (Å²) in [6, 6.07) is 16.6. The molecule has 0 aliphatic carbocycles. The molecule has 0 aromatic heterocycles. The normalized spacial score (nSPS) is 10.9. The molecule has 3 aromatic carbocycles. The van der Waals surface area contributed by atoms with Crippen LogP contribution in [0.5, 0.6) is 5.75 Å². The summed E-state index contributed by atoms with van der Waals surface area (Å²) in [4.78, 5) is 24.5. The topological polar surface area (TPSA) is 91.2 Å². The van der Waals surface area contributed by atoms with Crippen LogP contribution in [0, 0.1) is 17.1 Å². The van der Waals surface area contributed by atoms with Crippen molar-refractivity contribution in [3.63, 3.8) is 0 Å². The van der Waals surface area contributed by atoms with Gasteiger partial charge in [0.15, 0.2) is 6.61 Å². The van der Waals surface area contributed by atoms with Crippen LogP contribution in [0.4, 0.5) is 15.8 Å². The fraction of sp³-hybridized carbons (Fsp3) is 0.0417. The highest BCUT2D eigenvalue weighted by Gasteiger charge is 2.12. The number of ether oxygens (including phenoxy) is 1. The summed E-state index contributed by atoms with van der Waals surface area (Å²) in [6.45, 7) is -0.266. The van der Waals surface area contributed by atoms with Gasteiger partial charge in [0.05, 0.1) is 14.5 Å². The predicted molar refractivity (Wildman–Crippen MR) is 133 cm³/mol. The Bertz CT molecular complexity index is 1310.